The number of hydrogen-bond acceptors (Lipinski definition) is 2. The van der Waals surface area contributed by atoms with Gasteiger partial charge in [-0.05, 0) is 12.1 Å². The Morgan fingerprint density at radius 3 is 2.12 bits per heavy atom. The van der Waals surface area contributed by atoms with Crippen molar-refractivity contribution in [1.82, 2.24) is 0 Å². The normalized spacial score (nSPS) is 13.0. The van der Waals surface area contributed by atoms with Gasteiger partial charge in [-0.2, -0.15) is 0 Å². The summed E-state index contributed by atoms with van der Waals surface area (Å²) in [4.78, 5) is 2.45. The molecule has 0 atom stereocenters. The zero-order valence-corrected chi connectivity index (χ0v) is 5.03. The molecular formula is C6H5NS. The van der Waals surface area contributed by atoms with E-state index in [0.29, 0.717) is 0 Å². The Hall–Kier alpha value is -0.630. The molecule has 0 aromatic heterocycles. The maximum Gasteiger partial charge on any atom is 0.0597 e. The molecule has 2 N–H and O–H groups in total. The van der Waals surface area contributed by atoms with Crippen LogP contribution in [0.2, 0.25) is 0 Å². The molecule has 1 aromatic carbocycles. The van der Waals surface area contributed by atoms with Gasteiger partial charge in [0.1, 0.15) is 0 Å². The molecular weight excluding hydrogens is 118 g/mol. The molecule has 2 bridgehead atoms. The van der Waals surface area contributed by atoms with E-state index in [1.165, 1.54) is 9.79 Å². The van der Waals surface area contributed by atoms with Gasteiger partial charge in [0.25, 0.3) is 0 Å². The lowest BCUT2D eigenvalue weighted by Crippen LogP contribution is -1.98. The number of hydrogen-bond donors (Lipinski definition) is 1. The van der Waals surface area contributed by atoms with E-state index >= 15 is 0 Å². The topological polar surface area (TPSA) is 26.0 Å². The Kier molecular flexibility index (Phi) is 0.641. The number of rotatable bonds is 0. The molecule has 0 unspecified atom stereocenters. The van der Waals surface area contributed by atoms with Crippen LogP contribution in [-0.4, -0.2) is 0 Å². The van der Waals surface area contributed by atoms with E-state index in [4.69, 9.17) is 5.73 Å². The molecule has 8 heavy (non-hydrogen) atoms. The van der Waals surface area contributed by atoms with Crippen LogP contribution < -0.4 is 5.73 Å². The van der Waals surface area contributed by atoms with Gasteiger partial charge < -0.3 is 5.73 Å². The first-order valence-electron chi connectivity index (χ1n) is 2.44. The van der Waals surface area contributed by atoms with Crippen molar-refractivity contribution < 1.29 is 0 Å². The van der Waals surface area contributed by atoms with E-state index in [1.807, 2.05) is 18.2 Å². The molecule has 2 heterocycles. The fourth-order valence-corrected chi connectivity index (χ4v) is 1.59. The molecule has 0 fully saturated rings. The molecule has 40 valence electrons. The van der Waals surface area contributed by atoms with E-state index < -0.39 is 0 Å². The van der Waals surface area contributed by atoms with Crippen LogP contribution in [0, 0.1) is 0 Å². The van der Waals surface area contributed by atoms with Crippen molar-refractivity contribution >= 4 is 17.4 Å². The first kappa shape index (κ1) is 4.27. The maximum absolute atomic E-state index is 5.57. The van der Waals surface area contributed by atoms with Gasteiger partial charge in [-0.1, -0.05) is 17.8 Å². The summed E-state index contributed by atoms with van der Waals surface area (Å²) < 4.78 is 0. The first-order chi connectivity index (χ1) is 3.88. The molecule has 0 aliphatic carbocycles. The highest BCUT2D eigenvalue weighted by atomic mass is 32.2. The lowest BCUT2D eigenvalue weighted by atomic mass is 10.3. The van der Waals surface area contributed by atoms with Crippen LogP contribution in [0.15, 0.2) is 28.0 Å². The van der Waals surface area contributed by atoms with E-state index in [0.717, 1.165) is 5.69 Å². The van der Waals surface area contributed by atoms with Crippen molar-refractivity contribution in [3.63, 3.8) is 0 Å². The van der Waals surface area contributed by atoms with Crippen LogP contribution in [0.1, 0.15) is 0 Å². The Balaban J connectivity index is 2.75. The van der Waals surface area contributed by atoms with Gasteiger partial charge in [-0.25, -0.2) is 0 Å². The van der Waals surface area contributed by atoms with Gasteiger partial charge >= 0.3 is 0 Å². The molecule has 0 saturated heterocycles. The zero-order valence-electron chi connectivity index (χ0n) is 4.22. The molecule has 0 spiro atoms. The van der Waals surface area contributed by atoms with Crippen molar-refractivity contribution in [2.45, 2.75) is 9.79 Å². The predicted molar refractivity (Wildman–Crippen MR) is 35.0 cm³/mol. The smallest absolute Gasteiger partial charge is 0.0597 e. The van der Waals surface area contributed by atoms with Crippen molar-refractivity contribution in [2.75, 3.05) is 5.73 Å². The summed E-state index contributed by atoms with van der Waals surface area (Å²) in [6, 6.07) is 6.09. The Labute approximate surface area is 51.9 Å². The summed E-state index contributed by atoms with van der Waals surface area (Å²) >= 11 is 1.75. The minimum atomic E-state index is 0.970. The second kappa shape index (κ2) is 1.20. The molecule has 2 aliphatic heterocycles. The summed E-state index contributed by atoms with van der Waals surface area (Å²) in [5.74, 6) is 0. The summed E-state index contributed by atoms with van der Waals surface area (Å²) in [7, 11) is 0. The van der Waals surface area contributed by atoms with Gasteiger partial charge in [-0.15, -0.1) is 0 Å². The summed E-state index contributed by atoms with van der Waals surface area (Å²) in [6.07, 6.45) is 0. The standard InChI is InChI=1S/C6H5NS/c7-6-4-2-1-3-5(6)8-4/h1-3H,7H2. The average molecular weight is 123 g/mol. The summed E-state index contributed by atoms with van der Waals surface area (Å²) in [5, 5.41) is 0. The monoisotopic (exact) mass is 123 g/mol. The highest BCUT2D eigenvalue weighted by Crippen LogP contribution is 2.46. The molecule has 1 nitrogen and oxygen atoms in total. The Morgan fingerprint density at radius 2 is 1.88 bits per heavy atom. The number of fused-ring (bicyclic) bond motifs is 2. The third kappa shape index (κ3) is 0.340. The second-order valence-corrected chi connectivity index (χ2v) is 2.85. The fraction of sp³-hybridized carbons (Fsp3) is 0. The second-order valence-electron chi connectivity index (χ2n) is 1.77. The largest absolute Gasteiger partial charge is 0.397 e. The number of para-hydroxylation sites is 1. The molecule has 1 aromatic rings. The van der Waals surface area contributed by atoms with Crippen molar-refractivity contribution in [1.29, 1.82) is 0 Å². The van der Waals surface area contributed by atoms with Crippen LogP contribution in [0.3, 0.4) is 0 Å². The third-order valence-electron chi connectivity index (χ3n) is 1.25. The van der Waals surface area contributed by atoms with Crippen molar-refractivity contribution in [3.05, 3.63) is 18.2 Å². The first-order valence-corrected chi connectivity index (χ1v) is 3.26. The minimum Gasteiger partial charge on any atom is -0.397 e. The quantitative estimate of drug-likeness (QED) is 0.540. The van der Waals surface area contributed by atoms with Crippen LogP contribution in [-0.2, 0) is 0 Å². The predicted octanol–water partition coefficient (Wildman–Crippen LogP) is 1.73. The SMILES string of the molecule is Nc1c2cccc1S2. The van der Waals surface area contributed by atoms with E-state index in [-0.39, 0.29) is 0 Å². The number of nitrogen functional groups attached to an aromatic ring is 1. The number of nitrogens with two attached hydrogens (primary N) is 1. The maximum atomic E-state index is 5.57. The lowest BCUT2D eigenvalue weighted by molar-refractivity contribution is 1.27. The summed E-state index contributed by atoms with van der Waals surface area (Å²) in [6.45, 7) is 0. The van der Waals surface area contributed by atoms with Crippen LogP contribution in [0.5, 0.6) is 0 Å². The Bertz CT molecular complexity index is 212. The van der Waals surface area contributed by atoms with Gasteiger partial charge in [0.2, 0.25) is 0 Å². The highest BCUT2D eigenvalue weighted by Gasteiger charge is 2.15. The van der Waals surface area contributed by atoms with Crippen LogP contribution in [0.4, 0.5) is 5.69 Å². The molecule has 0 amide bonds. The third-order valence-corrected chi connectivity index (χ3v) is 2.40. The average Bonchev–Trinajstić information content (AvgIpc) is 1.89. The molecule has 2 aliphatic rings. The fourth-order valence-electron chi connectivity index (χ4n) is 0.774. The molecule has 0 radical (unpaired) electrons. The van der Waals surface area contributed by atoms with Gasteiger partial charge in [0.15, 0.2) is 0 Å². The zero-order chi connectivity index (χ0) is 5.56. The van der Waals surface area contributed by atoms with Gasteiger partial charge in [-0.3, -0.25) is 0 Å². The van der Waals surface area contributed by atoms with Gasteiger partial charge in [0.05, 0.1) is 5.69 Å². The van der Waals surface area contributed by atoms with E-state index in [9.17, 15) is 0 Å². The molecule has 2 heteroatoms. The van der Waals surface area contributed by atoms with Crippen LogP contribution >= 0.6 is 11.8 Å². The molecule has 3 rings (SSSR count). The number of anilines is 1. The molecule has 0 saturated carbocycles. The summed E-state index contributed by atoms with van der Waals surface area (Å²) in [5.41, 5.74) is 6.54. The van der Waals surface area contributed by atoms with Gasteiger partial charge in [0, 0.05) is 9.79 Å². The van der Waals surface area contributed by atoms with E-state index in [1.54, 1.807) is 11.8 Å². The number of benzene rings is 1. The van der Waals surface area contributed by atoms with Crippen molar-refractivity contribution in [3.8, 4) is 0 Å². The highest BCUT2D eigenvalue weighted by molar-refractivity contribution is 8.01. The van der Waals surface area contributed by atoms with Crippen LogP contribution in [0.25, 0.3) is 0 Å². The minimum absolute atomic E-state index is 0.970. The van der Waals surface area contributed by atoms with E-state index in [2.05, 4.69) is 0 Å². The Morgan fingerprint density at radius 1 is 1.25 bits per heavy atom. The lowest BCUT2D eigenvalue weighted by Gasteiger charge is -2.17. The van der Waals surface area contributed by atoms with Crippen molar-refractivity contribution in [2.24, 2.45) is 0 Å².